The lowest BCUT2D eigenvalue weighted by atomic mass is 9.98. The van der Waals surface area contributed by atoms with E-state index in [-0.39, 0.29) is 18.9 Å². The zero-order valence-electron chi connectivity index (χ0n) is 20.6. The molecule has 5 aromatic carbocycles. The fourth-order valence-corrected chi connectivity index (χ4v) is 4.84. The predicted octanol–water partition coefficient (Wildman–Crippen LogP) is 7.50. The number of halogens is 1. The number of rotatable bonds is 8. The molecule has 0 aromatic heterocycles. The molecule has 1 amide bonds. The Kier molecular flexibility index (Phi) is 7.52. The first kappa shape index (κ1) is 25.2. The number of carbonyl (C=O) groups is 2. The van der Waals surface area contributed by atoms with E-state index in [0.717, 1.165) is 33.0 Å². The molecule has 0 spiro atoms. The highest BCUT2D eigenvalue weighted by Crippen LogP contribution is 2.25. The number of hydrogen-bond donors (Lipinski definition) is 1. The Morgan fingerprint density at radius 2 is 1.34 bits per heavy atom. The van der Waals surface area contributed by atoms with Gasteiger partial charge in [0.25, 0.3) is 5.91 Å². The van der Waals surface area contributed by atoms with Crippen LogP contribution in [0.15, 0.2) is 121 Å². The molecule has 0 fully saturated rings. The van der Waals surface area contributed by atoms with Gasteiger partial charge in [0.05, 0.1) is 0 Å². The predicted molar refractivity (Wildman–Crippen MR) is 152 cm³/mol. The van der Waals surface area contributed by atoms with Crippen LogP contribution in [0.25, 0.3) is 21.9 Å². The minimum atomic E-state index is -1.07. The van der Waals surface area contributed by atoms with E-state index >= 15 is 0 Å². The van der Waals surface area contributed by atoms with E-state index in [9.17, 15) is 14.7 Å². The number of carbonyl (C=O) groups excluding carboxylic acids is 1. The highest BCUT2D eigenvalue weighted by Gasteiger charge is 2.31. The molecule has 0 aliphatic rings. The fourth-order valence-electron chi connectivity index (χ4n) is 4.71. The molecular weight excluding hydrogens is 494 g/mol. The van der Waals surface area contributed by atoms with Gasteiger partial charge >= 0.3 is 5.97 Å². The van der Waals surface area contributed by atoms with Gasteiger partial charge < -0.3 is 10.0 Å². The van der Waals surface area contributed by atoms with Crippen LogP contribution >= 0.6 is 11.6 Å². The zero-order chi connectivity index (χ0) is 26.5. The van der Waals surface area contributed by atoms with Gasteiger partial charge in [-0.25, -0.2) is 4.79 Å². The van der Waals surface area contributed by atoms with Crippen molar-refractivity contribution < 1.29 is 14.7 Å². The summed E-state index contributed by atoms with van der Waals surface area (Å²) in [5.74, 6) is -1.41. The average Bonchev–Trinajstić information content (AvgIpc) is 2.95. The number of nitrogens with zero attached hydrogens (tertiary/aromatic N) is 1. The Morgan fingerprint density at radius 3 is 2.05 bits per heavy atom. The normalized spacial score (nSPS) is 11.7. The Balaban J connectivity index is 1.50. The average molecular weight is 520 g/mol. The summed E-state index contributed by atoms with van der Waals surface area (Å²) in [6, 6.07) is 37.1. The van der Waals surface area contributed by atoms with E-state index in [1.165, 1.54) is 4.90 Å². The lowest BCUT2D eigenvalue weighted by Crippen LogP contribution is -2.46. The second kappa shape index (κ2) is 11.3. The third-order valence-electron chi connectivity index (χ3n) is 6.72. The van der Waals surface area contributed by atoms with E-state index in [1.54, 1.807) is 24.3 Å². The maximum Gasteiger partial charge on any atom is 0.326 e. The van der Waals surface area contributed by atoms with Crippen LogP contribution in [0.1, 0.15) is 21.5 Å². The highest BCUT2D eigenvalue weighted by molar-refractivity contribution is 6.30. The summed E-state index contributed by atoms with van der Waals surface area (Å²) in [6.07, 6.45) is 0.175. The summed E-state index contributed by atoms with van der Waals surface area (Å²) in [6.45, 7) is 0.155. The van der Waals surface area contributed by atoms with Crippen LogP contribution < -0.4 is 0 Å². The molecular formula is C33H26ClNO3. The van der Waals surface area contributed by atoms with Gasteiger partial charge in [-0.3, -0.25) is 4.79 Å². The van der Waals surface area contributed by atoms with Gasteiger partial charge in [0.15, 0.2) is 0 Å². The molecule has 1 atom stereocenters. The molecule has 5 rings (SSSR count). The number of carboxylic acids is 1. The summed E-state index contributed by atoms with van der Waals surface area (Å²) in [4.78, 5) is 27.9. The molecule has 38 heavy (non-hydrogen) atoms. The smallest absolute Gasteiger partial charge is 0.326 e. The molecule has 0 radical (unpaired) electrons. The van der Waals surface area contributed by atoms with Crippen LogP contribution in [0.5, 0.6) is 0 Å². The van der Waals surface area contributed by atoms with Gasteiger partial charge in [0.2, 0.25) is 0 Å². The van der Waals surface area contributed by atoms with Crippen LogP contribution in [-0.4, -0.2) is 27.9 Å². The molecule has 188 valence electrons. The van der Waals surface area contributed by atoms with Gasteiger partial charge in [0.1, 0.15) is 6.04 Å². The van der Waals surface area contributed by atoms with Gasteiger partial charge in [-0.05, 0) is 57.3 Å². The van der Waals surface area contributed by atoms with Crippen molar-refractivity contribution in [3.05, 3.63) is 143 Å². The lowest BCUT2D eigenvalue weighted by molar-refractivity contribution is -0.142. The molecule has 1 N–H and O–H groups in total. The minimum Gasteiger partial charge on any atom is -0.480 e. The van der Waals surface area contributed by atoms with Crippen molar-refractivity contribution in [2.24, 2.45) is 0 Å². The summed E-state index contributed by atoms with van der Waals surface area (Å²) >= 11 is 6.05. The third-order valence-corrected chi connectivity index (χ3v) is 6.98. The molecule has 0 heterocycles. The number of hydrogen-bond acceptors (Lipinski definition) is 2. The maximum atomic E-state index is 13.8. The molecule has 5 aromatic rings. The largest absolute Gasteiger partial charge is 0.480 e. The number of aliphatic carboxylic acids is 1. The van der Waals surface area contributed by atoms with Crippen molar-refractivity contribution in [2.75, 3.05) is 0 Å². The third kappa shape index (κ3) is 5.61. The molecule has 0 bridgehead atoms. The first-order chi connectivity index (χ1) is 18.5. The van der Waals surface area contributed by atoms with Crippen molar-refractivity contribution in [3.63, 3.8) is 0 Å². The molecule has 0 saturated carbocycles. The molecule has 0 saturated heterocycles. The molecule has 1 unspecified atom stereocenters. The van der Waals surface area contributed by atoms with Crippen LogP contribution in [-0.2, 0) is 17.8 Å². The second-order valence-corrected chi connectivity index (χ2v) is 9.64. The standard InChI is InChI=1S/C33H26ClNO3/c34-29-19-17-27(18-20-29)32(36)35(22-28-11-6-10-26-9-4-5-12-30(26)28)31(33(37)38)21-23-13-15-25(16-14-23)24-7-2-1-3-8-24/h1-20,31H,21-22H2,(H,37,38). The van der Waals surface area contributed by atoms with E-state index in [1.807, 2.05) is 97.1 Å². The first-order valence-corrected chi connectivity index (χ1v) is 12.8. The van der Waals surface area contributed by atoms with Crippen LogP contribution in [0, 0.1) is 0 Å². The van der Waals surface area contributed by atoms with Crippen molar-refractivity contribution in [2.45, 2.75) is 19.0 Å². The Labute approximate surface area is 226 Å². The maximum absolute atomic E-state index is 13.8. The first-order valence-electron chi connectivity index (χ1n) is 12.4. The summed E-state index contributed by atoms with van der Waals surface area (Å²) < 4.78 is 0. The monoisotopic (exact) mass is 519 g/mol. The quantitative estimate of drug-likeness (QED) is 0.231. The lowest BCUT2D eigenvalue weighted by Gasteiger charge is -2.30. The van der Waals surface area contributed by atoms with Crippen LogP contribution in [0.4, 0.5) is 0 Å². The minimum absolute atomic E-state index is 0.155. The second-order valence-electron chi connectivity index (χ2n) is 9.20. The summed E-state index contributed by atoms with van der Waals surface area (Å²) in [7, 11) is 0. The molecule has 0 aliphatic heterocycles. The van der Waals surface area contributed by atoms with Crippen molar-refractivity contribution in [3.8, 4) is 11.1 Å². The van der Waals surface area contributed by atoms with E-state index in [4.69, 9.17) is 11.6 Å². The van der Waals surface area contributed by atoms with E-state index < -0.39 is 12.0 Å². The topological polar surface area (TPSA) is 57.6 Å². The summed E-state index contributed by atoms with van der Waals surface area (Å²) in [5, 5.41) is 12.9. The Morgan fingerprint density at radius 1 is 0.711 bits per heavy atom. The van der Waals surface area contributed by atoms with Gasteiger partial charge in [0, 0.05) is 23.6 Å². The Bertz CT molecular complexity index is 1560. The molecule has 4 nitrogen and oxygen atoms in total. The Hall–Kier alpha value is -4.41. The fraction of sp³-hybridized carbons (Fsp3) is 0.0909. The van der Waals surface area contributed by atoms with Crippen molar-refractivity contribution >= 4 is 34.2 Å². The number of amides is 1. The van der Waals surface area contributed by atoms with Crippen molar-refractivity contribution in [1.29, 1.82) is 0 Å². The van der Waals surface area contributed by atoms with Crippen LogP contribution in [0.2, 0.25) is 5.02 Å². The summed E-state index contributed by atoms with van der Waals surface area (Å²) in [5.41, 5.74) is 4.25. The van der Waals surface area contributed by atoms with Gasteiger partial charge in [-0.2, -0.15) is 0 Å². The van der Waals surface area contributed by atoms with Crippen molar-refractivity contribution in [1.82, 2.24) is 4.90 Å². The van der Waals surface area contributed by atoms with E-state index in [0.29, 0.717) is 10.6 Å². The van der Waals surface area contributed by atoms with E-state index in [2.05, 4.69) is 0 Å². The SMILES string of the molecule is O=C(O)C(Cc1ccc(-c2ccccc2)cc1)N(Cc1cccc2ccccc12)C(=O)c1ccc(Cl)cc1. The number of carboxylic acid groups (broad SMARTS) is 1. The van der Waals surface area contributed by atoms with Crippen LogP contribution in [0.3, 0.4) is 0 Å². The van der Waals surface area contributed by atoms with Gasteiger partial charge in [-0.15, -0.1) is 0 Å². The number of fused-ring (bicyclic) bond motifs is 1. The molecule has 5 heteroatoms. The highest BCUT2D eigenvalue weighted by atomic mass is 35.5. The van der Waals surface area contributed by atoms with Gasteiger partial charge in [-0.1, -0.05) is 109 Å². The number of benzene rings is 5. The molecule has 0 aliphatic carbocycles. The zero-order valence-corrected chi connectivity index (χ0v) is 21.4.